The highest BCUT2D eigenvalue weighted by atomic mass is 16.6. The average molecular weight is 381 g/mol. The van der Waals surface area contributed by atoms with Crippen molar-refractivity contribution in [3.8, 4) is 0 Å². The molecule has 0 radical (unpaired) electrons. The lowest BCUT2D eigenvalue weighted by molar-refractivity contribution is -0.267. The zero-order valence-electron chi connectivity index (χ0n) is 17.6. The third-order valence-electron chi connectivity index (χ3n) is 8.02. The summed E-state index contributed by atoms with van der Waals surface area (Å²) in [4.78, 5) is 11.9. The molecule has 5 heteroatoms. The molecule has 0 amide bonds. The molecule has 27 heavy (non-hydrogen) atoms. The molecule has 3 aliphatic rings. The minimum atomic E-state index is -1.17. The van der Waals surface area contributed by atoms with Crippen LogP contribution < -0.4 is 0 Å². The Balaban J connectivity index is 2.10. The lowest BCUT2D eigenvalue weighted by Gasteiger charge is -2.63. The van der Waals surface area contributed by atoms with Gasteiger partial charge in [-0.3, -0.25) is 4.79 Å². The molecule has 0 bridgehead atoms. The van der Waals surface area contributed by atoms with Crippen molar-refractivity contribution < 1.29 is 24.5 Å². The van der Waals surface area contributed by atoms with E-state index in [-0.39, 0.29) is 28.6 Å². The standard InChI is InChI=1S/C22H36O5/c1-8-21(6,25)15-12-14-20(5)11-9-10-19(3,4)17(20)16(26-13(2)23)18(24)22(14,7)27-15/h8,14-18,24-25H,1,9-12H2,2-7H3/t14-,15+,16-,17+,18+,20+,21+,22-/m0/s1. The van der Waals surface area contributed by atoms with E-state index in [1.54, 1.807) is 6.92 Å². The van der Waals surface area contributed by atoms with E-state index in [1.165, 1.54) is 13.0 Å². The van der Waals surface area contributed by atoms with E-state index in [1.807, 2.05) is 6.92 Å². The predicted octanol–water partition coefficient (Wildman–Crippen LogP) is 3.23. The Morgan fingerprint density at radius 2 is 1.93 bits per heavy atom. The van der Waals surface area contributed by atoms with Gasteiger partial charge in [-0.1, -0.05) is 33.3 Å². The van der Waals surface area contributed by atoms with E-state index in [4.69, 9.17) is 9.47 Å². The Kier molecular flexibility index (Phi) is 4.85. The highest BCUT2D eigenvalue weighted by Crippen LogP contribution is 2.66. The Morgan fingerprint density at radius 3 is 2.48 bits per heavy atom. The Bertz CT molecular complexity index is 626. The number of carbonyl (C=O) groups excluding carboxylic acids is 1. The van der Waals surface area contributed by atoms with Crippen LogP contribution in [0.4, 0.5) is 0 Å². The van der Waals surface area contributed by atoms with Crippen molar-refractivity contribution in [2.45, 2.75) is 96.7 Å². The zero-order valence-corrected chi connectivity index (χ0v) is 17.6. The minimum Gasteiger partial charge on any atom is -0.459 e. The molecule has 1 aliphatic heterocycles. The number of aliphatic hydroxyl groups excluding tert-OH is 1. The second-order valence-electron chi connectivity index (χ2n) is 10.4. The molecule has 0 aromatic rings. The van der Waals surface area contributed by atoms with Crippen molar-refractivity contribution in [1.29, 1.82) is 0 Å². The van der Waals surface area contributed by atoms with Crippen LogP contribution in [0, 0.1) is 22.7 Å². The van der Waals surface area contributed by atoms with Gasteiger partial charge < -0.3 is 19.7 Å². The Labute approximate surface area is 163 Å². The SMILES string of the molecule is C=C[C@@](C)(O)[C@H]1C[C@H]2[C@@]3(C)CCCC(C)(C)[C@H]3[C@H](OC(C)=O)[C@@H](O)[C@@]2(C)O1. The highest BCUT2D eigenvalue weighted by molar-refractivity contribution is 5.66. The quantitative estimate of drug-likeness (QED) is 0.581. The first-order valence-corrected chi connectivity index (χ1v) is 10.2. The molecule has 1 saturated heterocycles. The molecular weight excluding hydrogens is 344 g/mol. The van der Waals surface area contributed by atoms with Crippen LogP contribution in [0.2, 0.25) is 0 Å². The minimum absolute atomic E-state index is 0.0340. The molecule has 0 aromatic carbocycles. The summed E-state index contributed by atoms with van der Waals surface area (Å²) in [5.41, 5.74) is -2.26. The number of aliphatic hydroxyl groups is 2. The molecule has 5 nitrogen and oxygen atoms in total. The van der Waals surface area contributed by atoms with Crippen LogP contribution in [-0.4, -0.2) is 45.7 Å². The Morgan fingerprint density at radius 1 is 1.30 bits per heavy atom. The number of hydrogen-bond donors (Lipinski definition) is 2. The first-order chi connectivity index (χ1) is 12.3. The maximum Gasteiger partial charge on any atom is 0.303 e. The lowest BCUT2D eigenvalue weighted by Crippen LogP contribution is -2.69. The summed E-state index contributed by atoms with van der Waals surface area (Å²) in [6.07, 6.45) is 3.30. The normalized spacial score (nSPS) is 48.1. The van der Waals surface area contributed by atoms with Crippen LogP contribution in [0.1, 0.15) is 67.2 Å². The van der Waals surface area contributed by atoms with Gasteiger partial charge in [0.2, 0.25) is 0 Å². The molecule has 2 saturated carbocycles. The number of rotatable bonds is 3. The molecule has 154 valence electrons. The van der Waals surface area contributed by atoms with Gasteiger partial charge in [0.25, 0.3) is 0 Å². The van der Waals surface area contributed by atoms with E-state index >= 15 is 0 Å². The van der Waals surface area contributed by atoms with Gasteiger partial charge in [0.05, 0.1) is 11.7 Å². The number of esters is 1. The molecule has 3 fully saturated rings. The topological polar surface area (TPSA) is 76.0 Å². The summed E-state index contributed by atoms with van der Waals surface area (Å²) in [5.74, 6) is -0.281. The smallest absolute Gasteiger partial charge is 0.303 e. The van der Waals surface area contributed by atoms with Gasteiger partial charge in [-0.15, -0.1) is 6.58 Å². The maximum atomic E-state index is 11.9. The summed E-state index contributed by atoms with van der Waals surface area (Å²) < 4.78 is 12.1. The monoisotopic (exact) mass is 380 g/mol. The fraction of sp³-hybridized carbons (Fsp3) is 0.864. The summed E-state index contributed by atoms with van der Waals surface area (Å²) in [6, 6.07) is 0. The average Bonchev–Trinajstić information content (AvgIpc) is 2.92. The number of hydrogen-bond acceptors (Lipinski definition) is 5. The van der Waals surface area contributed by atoms with Crippen molar-refractivity contribution in [3.05, 3.63) is 12.7 Å². The summed E-state index contributed by atoms with van der Waals surface area (Å²) >= 11 is 0. The number of carbonyl (C=O) groups is 1. The molecule has 1 heterocycles. The molecule has 8 atom stereocenters. The molecule has 2 aliphatic carbocycles. The largest absolute Gasteiger partial charge is 0.459 e. The van der Waals surface area contributed by atoms with Crippen LogP contribution in [0.25, 0.3) is 0 Å². The summed E-state index contributed by atoms with van der Waals surface area (Å²) in [6.45, 7) is 15.5. The second-order valence-corrected chi connectivity index (χ2v) is 10.4. The maximum absolute atomic E-state index is 11.9. The van der Waals surface area contributed by atoms with Crippen LogP contribution in [0.3, 0.4) is 0 Å². The fourth-order valence-electron chi connectivity index (χ4n) is 6.75. The van der Waals surface area contributed by atoms with E-state index < -0.39 is 29.5 Å². The van der Waals surface area contributed by atoms with E-state index in [0.29, 0.717) is 6.42 Å². The molecule has 2 N–H and O–H groups in total. The third kappa shape index (κ3) is 2.97. The van der Waals surface area contributed by atoms with Gasteiger partial charge in [-0.05, 0) is 49.9 Å². The van der Waals surface area contributed by atoms with Gasteiger partial charge in [-0.25, -0.2) is 0 Å². The van der Waals surface area contributed by atoms with E-state index in [2.05, 4.69) is 27.4 Å². The van der Waals surface area contributed by atoms with Gasteiger partial charge >= 0.3 is 5.97 Å². The summed E-state index contributed by atoms with van der Waals surface area (Å²) in [7, 11) is 0. The second kappa shape index (κ2) is 6.30. The number of ether oxygens (including phenoxy) is 2. The highest BCUT2D eigenvalue weighted by Gasteiger charge is 2.70. The predicted molar refractivity (Wildman–Crippen MR) is 103 cm³/mol. The van der Waals surface area contributed by atoms with Crippen LogP contribution in [-0.2, 0) is 14.3 Å². The van der Waals surface area contributed by atoms with Crippen LogP contribution in [0.5, 0.6) is 0 Å². The van der Waals surface area contributed by atoms with Gasteiger partial charge in [0.15, 0.2) is 0 Å². The van der Waals surface area contributed by atoms with Crippen molar-refractivity contribution in [1.82, 2.24) is 0 Å². The lowest BCUT2D eigenvalue weighted by atomic mass is 9.44. The van der Waals surface area contributed by atoms with Crippen molar-refractivity contribution in [2.24, 2.45) is 22.7 Å². The molecular formula is C22H36O5. The summed E-state index contributed by atoms with van der Waals surface area (Å²) in [5, 5.41) is 22.1. The molecule has 3 rings (SSSR count). The third-order valence-corrected chi connectivity index (χ3v) is 8.02. The molecule has 0 spiro atoms. The first kappa shape index (κ1) is 20.8. The fourth-order valence-corrected chi connectivity index (χ4v) is 6.75. The van der Waals surface area contributed by atoms with E-state index in [9.17, 15) is 15.0 Å². The number of fused-ring (bicyclic) bond motifs is 3. The van der Waals surface area contributed by atoms with Gasteiger partial charge in [0.1, 0.15) is 17.8 Å². The van der Waals surface area contributed by atoms with Crippen molar-refractivity contribution >= 4 is 5.97 Å². The van der Waals surface area contributed by atoms with Crippen molar-refractivity contribution in [3.63, 3.8) is 0 Å². The van der Waals surface area contributed by atoms with Crippen LogP contribution >= 0.6 is 0 Å². The van der Waals surface area contributed by atoms with Crippen molar-refractivity contribution in [2.75, 3.05) is 0 Å². The molecule has 0 aromatic heterocycles. The molecule has 0 unspecified atom stereocenters. The zero-order chi connectivity index (χ0) is 20.4. The van der Waals surface area contributed by atoms with Gasteiger partial charge in [0, 0.05) is 12.8 Å². The van der Waals surface area contributed by atoms with E-state index in [0.717, 1.165) is 19.3 Å². The Hall–Kier alpha value is -0.910. The van der Waals surface area contributed by atoms with Crippen LogP contribution in [0.15, 0.2) is 12.7 Å². The van der Waals surface area contributed by atoms with Gasteiger partial charge in [-0.2, -0.15) is 0 Å². The first-order valence-electron chi connectivity index (χ1n) is 10.2.